The van der Waals surface area contributed by atoms with Crippen LogP contribution in [0.15, 0.2) is 18.6 Å². The van der Waals surface area contributed by atoms with Gasteiger partial charge in [0.05, 0.1) is 23.5 Å². The van der Waals surface area contributed by atoms with Gasteiger partial charge in [0.2, 0.25) is 5.88 Å². The normalized spacial score (nSPS) is 16.8. The summed E-state index contributed by atoms with van der Waals surface area (Å²) in [6.45, 7) is 8.23. The summed E-state index contributed by atoms with van der Waals surface area (Å²) >= 11 is 1.82. The third-order valence-corrected chi connectivity index (χ3v) is 5.14. The lowest BCUT2D eigenvalue weighted by Gasteiger charge is -2.31. The molecule has 2 aromatic rings. The molecule has 0 aromatic carbocycles. The highest BCUT2D eigenvalue weighted by atomic mass is 32.1. The van der Waals surface area contributed by atoms with E-state index in [9.17, 15) is 0 Å². The van der Waals surface area contributed by atoms with E-state index >= 15 is 0 Å². The van der Waals surface area contributed by atoms with Crippen molar-refractivity contribution in [2.75, 3.05) is 19.7 Å². The maximum absolute atomic E-state index is 5.72. The molecule has 0 saturated carbocycles. The standard InChI is InChI=1S/C16H22N4OS/c1-12-15(22-13(2)19-12)10-20-7-3-14(4-8-20)11-21-16-9-17-5-6-18-16/h5-6,9,14H,3-4,7-8,10-11H2,1-2H3. The van der Waals surface area contributed by atoms with Crippen LogP contribution in [-0.4, -0.2) is 39.5 Å². The van der Waals surface area contributed by atoms with Crippen LogP contribution in [0, 0.1) is 19.8 Å². The van der Waals surface area contributed by atoms with Crippen LogP contribution < -0.4 is 4.74 Å². The van der Waals surface area contributed by atoms with E-state index < -0.39 is 0 Å². The Bertz CT molecular complexity index is 593. The van der Waals surface area contributed by atoms with Gasteiger partial charge in [-0.05, 0) is 45.7 Å². The van der Waals surface area contributed by atoms with Gasteiger partial charge in [-0.1, -0.05) is 0 Å². The predicted octanol–water partition coefficient (Wildman–Crippen LogP) is 2.84. The minimum atomic E-state index is 0.613. The predicted molar refractivity (Wildman–Crippen MR) is 87.1 cm³/mol. The molecule has 0 amide bonds. The number of aromatic nitrogens is 3. The first kappa shape index (κ1) is 15.4. The van der Waals surface area contributed by atoms with Gasteiger partial charge in [-0.25, -0.2) is 9.97 Å². The average Bonchev–Trinajstić information content (AvgIpc) is 2.85. The second-order valence-electron chi connectivity index (χ2n) is 5.82. The summed E-state index contributed by atoms with van der Waals surface area (Å²) in [5, 5.41) is 1.17. The van der Waals surface area contributed by atoms with Gasteiger partial charge in [-0.3, -0.25) is 9.88 Å². The summed E-state index contributed by atoms with van der Waals surface area (Å²) in [7, 11) is 0. The zero-order chi connectivity index (χ0) is 15.4. The van der Waals surface area contributed by atoms with Crippen molar-refractivity contribution >= 4 is 11.3 Å². The molecular formula is C16H22N4OS. The van der Waals surface area contributed by atoms with Gasteiger partial charge in [-0.15, -0.1) is 11.3 Å². The zero-order valence-corrected chi connectivity index (χ0v) is 14.0. The van der Waals surface area contributed by atoms with Crippen molar-refractivity contribution in [1.82, 2.24) is 19.9 Å². The second-order valence-corrected chi connectivity index (χ2v) is 7.10. The minimum Gasteiger partial charge on any atom is -0.476 e. The third-order valence-electron chi connectivity index (χ3n) is 4.08. The van der Waals surface area contributed by atoms with Gasteiger partial charge in [0.15, 0.2) is 0 Å². The molecule has 0 spiro atoms. The number of piperidine rings is 1. The fourth-order valence-electron chi connectivity index (χ4n) is 2.80. The van der Waals surface area contributed by atoms with Crippen molar-refractivity contribution < 1.29 is 4.74 Å². The smallest absolute Gasteiger partial charge is 0.232 e. The first-order chi connectivity index (χ1) is 10.7. The highest BCUT2D eigenvalue weighted by Crippen LogP contribution is 2.23. The maximum Gasteiger partial charge on any atom is 0.232 e. The molecule has 0 radical (unpaired) electrons. The summed E-state index contributed by atoms with van der Waals surface area (Å²) in [4.78, 5) is 16.6. The van der Waals surface area contributed by atoms with Gasteiger partial charge in [0, 0.05) is 23.8 Å². The molecule has 5 nitrogen and oxygen atoms in total. The Hall–Kier alpha value is -1.53. The van der Waals surface area contributed by atoms with Crippen molar-refractivity contribution in [2.24, 2.45) is 5.92 Å². The molecule has 0 unspecified atom stereocenters. The first-order valence-electron chi connectivity index (χ1n) is 7.75. The molecule has 22 heavy (non-hydrogen) atoms. The van der Waals surface area contributed by atoms with E-state index in [1.165, 1.54) is 28.4 Å². The van der Waals surface area contributed by atoms with Crippen molar-refractivity contribution in [3.8, 4) is 5.88 Å². The Morgan fingerprint density at radius 2 is 2.09 bits per heavy atom. The number of hydrogen-bond donors (Lipinski definition) is 0. The van der Waals surface area contributed by atoms with Gasteiger partial charge in [0.1, 0.15) is 0 Å². The topological polar surface area (TPSA) is 51.1 Å². The van der Waals surface area contributed by atoms with E-state index in [-0.39, 0.29) is 0 Å². The van der Waals surface area contributed by atoms with Gasteiger partial charge in [-0.2, -0.15) is 0 Å². The molecule has 0 aliphatic carbocycles. The summed E-state index contributed by atoms with van der Waals surface area (Å²) in [6.07, 6.45) is 7.35. The molecule has 6 heteroatoms. The number of aryl methyl sites for hydroxylation is 2. The van der Waals surface area contributed by atoms with Crippen LogP contribution in [0.1, 0.15) is 28.4 Å². The molecule has 3 rings (SSSR count). The van der Waals surface area contributed by atoms with E-state index in [4.69, 9.17) is 4.74 Å². The van der Waals surface area contributed by atoms with E-state index in [0.29, 0.717) is 11.8 Å². The van der Waals surface area contributed by atoms with Crippen molar-refractivity contribution in [1.29, 1.82) is 0 Å². The molecule has 1 saturated heterocycles. The van der Waals surface area contributed by atoms with Crippen LogP contribution >= 0.6 is 11.3 Å². The Morgan fingerprint density at radius 1 is 1.27 bits per heavy atom. The van der Waals surface area contributed by atoms with Crippen LogP contribution in [0.2, 0.25) is 0 Å². The average molecular weight is 318 g/mol. The molecule has 1 aliphatic rings. The van der Waals surface area contributed by atoms with E-state index in [1.807, 2.05) is 11.3 Å². The molecule has 1 fully saturated rings. The lowest BCUT2D eigenvalue weighted by Crippen LogP contribution is -2.35. The molecular weight excluding hydrogens is 296 g/mol. The molecule has 0 N–H and O–H groups in total. The summed E-state index contributed by atoms with van der Waals surface area (Å²) in [5.41, 5.74) is 1.19. The zero-order valence-electron chi connectivity index (χ0n) is 13.2. The third kappa shape index (κ3) is 4.01. The lowest BCUT2D eigenvalue weighted by molar-refractivity contribution is 0.135. The van der Waals surface area contributed by atoms with Gasteiger partial charge in [0.25, 0.3) is 0 Å². The molecule has 1 aliphatic heterocycles. The SMILES string of the molecule is Cc1nc(C)c(CN2CCC(COc3cnccn3)CC2)s1. The number of hydrogen-bond acceptors (Lipinski definition) is 6. The Labute approximate surface area is 135 Å². The number of ether oxygens (including phenoxy) is 1. The van der Waals surface area contributed by atoms with Crippen molar-refractivity contribution in [3.63, 3.8) is 0 Å². The fraction of sp³-hybridized carbons (Fsp3) is 0.562. The molecule has 2 aromatic heterocycles. The highest BCUT2D eigenvalue weighted by molar-refractivity contribution is 7.11. The minimum absolute atomic E-state index is 0.613. The lowest BCUT2D eigenvalue weighted by atomic mass is 9.98. The van der Waals surface area contributed by atoms with Crippen LogP contribution in [-0.2, 0) is 6.54 Å². The summed E-state index contributed by atoms with van der Waals surface area (Å²) in [5.74, 6) is 1.24. The maximum atomic E-state index is 5.72. The molecule has 3 heterocycles. The largest absolute Gasteiger partial charge is 0.476 e. The first-order valence-corrected chi connectivity index (χ1v) is 8.56. The van der Waals surface area contributed by atoms with E-state index in [0.717, 1.165) is 26.2 Å². The van der Waals surface area contributed by atoms with Crippen LogP contribution in [0.5, 0.6) is 5.88 Å². The molecule has 0 bridgehead atoms. The molecule has 0 atom stereocenters. The quantitative estimate of drug-likeness (QED) is 0.848. The monoisotopic (exact) mass is 318 g/mol. The van der Waals surface area contributed by atoms with Crippen LogP contribution in [0.3, 0.4) is 0 Å². The van der Waals surface area contributed by atoms with Gasteiger partial charge < -0.3 is 4.74 Å². The van der Waals surface area contributed by atoms with Crippen molar-refractivity contribution in [3.05, 3.63) is 34.2 Å². The number of rotatable bonds is 5. The van der Waals surface area contributed by atoms with E-state index in [1.54, 1.807) is 18.6 Å². The summed E-state index contributed by atoms with van der Waals surface area (Å²) in [6, 6.07) is 0. The van der Waals surface area contributed by atoms with Crippen LogP contribution in [0.25, 0.3) is 0 Å². The van der Waals surface area contributed by atoms with Gasteiger partial charge >= 0.3 is 0 Å². The fourth-order valence-corrected chi connectivity index (χ4v) is 3.78. The Balaban J connectivity index is 1.43. The Morgan fingerprint density at radius 3 is 2.73 bits per heavy atom. The van der Waals surface area contributed by atoms with Crippen LogP contribution in [0.4, 0.5) is 0 Å². The number of thiazole rings is 1. The second kappa shape index (κ2) is 7.15. The number of nitrogens with zero attached hydrogens (tertiary/aromatic N) is 4. The highest BCUT2D eigenvalue weighted by Gasteiger charge is 2.21. The summed E-state index contributed by atoms with van der Waals surface area (Å²) < 4.78 is 5.72. The molecule has 118 valence electrons. The van der Waals surface area contributed by atoms with Crippen molar-refractivity contribution in [2.45, 2.75) is 33.2 Å². The Kier molecular flexibility index (Phi) is 5.00. The number of likely N-dealkylation sites (tertiary alicyclic amines) is 1. The van der Waals surface area contributed by atoms with E-state index in [2.05, 4.69) is 33.7 Å².